The highest BCUT2D eigenvalue weighted by Crippen LogP contribution is 2.37. The Bertz CT molecular complexity index is 620. The van der Waals surface area contributed by atoms with Gasteiger partial charge in [-0.25, -0.2) is 0 Å². The summed E-state index contributed by atoms with van der Waals surface area (Å²) in [6.45, 7) is 2.02. The van der Waals surface area contributed by atoms with Crippen molar-refractivity contribution in [3.8, 4) is 0 Å². The Labute approximate surface area is 132 Å². The van der Waals surface area contributed by atoms with Crippen molar-refractivity contribution in [1.82, 2.24) is 0 Å². The van der Waals surface area contributed by atoms with Crippen molar-refractivity contribution < 1.29 is 9.90 Å². The highest BCUT2D eigenvalue weighted by molar-refractivity contribution is 5.86. The number of carboxylic acid groups (broad SMARTS) is 1. The number of hydrogen-bond donors (Lipinski definition) is 1. The smallest absolute Gasteiger partial charge is 0.318 e. The molecule has 3 heteroatoms. The van der Waals surface area contributed by atoms with Gasteiger partial charge in [-0.3, -0.25) is 4.79 Å². The molecule has 2 aromatic carbocycles. The fourth-order valence-corrected chi connectivity index (χ4v) is 2.95. The van der Waals surface area contributed by atoms with E-state index in [0.717, 1.165) is 23.2 Å². The Morgan fingerprint density at radius 1 is 1.00 bits per heavy atom. The summed E-state index contributed by atoms with van der Waals surface area (Å²) < 4.78 is 0. The van der Waals surface area contributed by atoms with E-state index in [1.54, 1.807) is 0 Å². The van der Waals surface area contributed by atoms with Crippen LogP contribution in [0.1, 0.15) is 30.9 Å². The maximum Gasteiger partial charge on any atom is 0.318 e. The van der Waals surface area contributed by atoms with Crippen LogP contribution in [-0.2, 0) is 10.2 Å². The lowest BCUT2D eigenvalue weighted by Gasteiger charge is -2.31. The van der Waals surface area contributed by atoms with E-state index in [4.69, 9.17) is 0 Å². The van der Waals surface area contributed by atoms with Gasteiger partial charge in [0.15, 0.2) is 0 Å². The number of benzene rings is 2. The first-order valence-corrected chi connectivity index (χ1v) is 7.59. The minimum atomic E-state index is -0.985. The van der Waals surface area contributed by atoms with Gasteiger partial charge >= 0.3 is 5.97 Å². The van der Waals surface area contributed by atoms with E-state index in [0.29, 0.717) is 6.42 Å². The molecule has 0 unspecified atom stereocenters. The molecule has 2 aromatic rings. The molecule has 1 N–H and O–H groups in total. The molecule has 0 aliphatic carbocycles. The summed E-state index contributed by atoms with van der Waals surface area (Å²) in [7, 11) is 3.95. The van der Waals surface area contributed by atoms with Gasteiger partial charge in [0.1, 0.15) is 5.41 Å². The van der Waals surface area contributed by atoms with E-state index in [-0.39, 0.29) is 0 Å². The summed E-state index contributed by atoms with van der Waals surface area (Å²) in [4.78, 5) is 14.2. The fourth-order valence-electron chi connectivity index (χ4n) is 2.95. The Morgan fingerprint density at radius 3 is 2.00 bits per heavy atom. The molecule has 2 rings (SSSR count). The average molecular weight is 297 g/mol. The second-order valence-electron chi connectivity index (χ2n) is 5.77. The van der Waals surface area contributed by atoms with E-state index in [1.165, 1.54) is 0 Å². The number of aliphatic carboxylic acids is 1. The molecule has 0 saturated heterocycles. The van der Waals surface area contributed by atoms with Crippen LogP contribution in [0, 0.1) is 0 Å². The molecule has 0 bridgehead atoms. The van der Waals surface area contributed by atoms with E-state index < -0.39 is 11.4 Å². The predicted molar refractivity (Wildman–Crippen MR) is 90.5 cm³/mol. The molecule has 0 saturated carbocycles. The average Bonchev–Trinajstić information content (AvgIpc) is 2.53. The van der Waals surface area contributed by atoms with Gasteiger partial charge in [-0.05, 0) is 29.7 Å². The largest absolute Gasteiger partial charge is 0.480 e. The van der Waals surface area contributed by atoms with Gasteiger partial charge in [0.2, 0.25) is 0 Å². The highest BCUT2D eigenvalue weighted by atomic mass is 16.4. The molecule has 3 nitrogen and oxygen atoms in total. The second-order valence-corrected chi connectivity index (χ2v) is 5.77. The van der Waals surface area contributed by atoms with Gasteiger partial charge in [-0.2, -0.15) is 0 Å². The van der Waals surface area contributed by atoms with Crippen LogP contribution in [0.3, 0.4) is 0 Å². The maximum absolute atomic E-state index is 12.2. The molecule has 0 amide bonds. The van der Waals surface area contributed by atoms with Gasteiger partial charge < -0.3 is 10.0 Å². The van der Waals surface area contributed by atoms with Crippen LogP contribution in [0.5, 0.6) is 0 Å². The number of carboxylic acids is 1. The molecule has 116 valence electrons. The third-order valence-corrected chi connectivity index (χ3v) is 4.13. The Morgan fingerprint density at radius 2 is 1.55 bits per heavy atom. The molecule has 0 aliphatic heterocycles. The van der Waals surface area contributed by atoms with Crippen LogP contribution >= 0.6 is 0 Å². The molecule has 1 atom stereocenters. The van der Waals surface area contributed by atoms with Crippen molar-refractivity contribution in [3.63, 3.8) is 0 Å². The van der Waals surface area contributed by atoms with Crippen molar-refractivity contribution in [2.45, 2.75) is 25.2 Å². The molecule has 0 heterocycles. The van der Waals surface area contributed by atoms with Crippen LogP contribution in [0.25, 0.3) is 0 Å². The summed E-state index contributed by atoms with van der Waals surface area (Å²) in [5.74, 6) is -0.793. The lowest BCUT2D eigenvalue weighted by Crippen LogP contribution is -2.37. The van der Waals surface area contributed by atoms with Crippen molar-refractivity contribution in [3.05, 3.63) is 65.7 Å². The number of hydrogen-bond acceptors (Lipinski definition) is 2. The van der Waals surface area contributed by atoms with E-state index >= 15 is 0 Å². The zero-order valence-electron chi connectivity index (χ0n) is 13.4. The summed E-state index contributed by atoms with van der Waals surface area (Å²) in [5, 5.41) is 10.0. The number of carbonyl (C=O) groups is 1. The standard InChI is InChI=1S/C19H23NO2/c1-4-14-19(18(21)22,15-8-6-5-7-9-15)16-10-12-17(13-11-16)20(2)3/h5-13H,4,14H2,1-3H3,(H,21,22)/t19-/m1/s1. The summed E-state index contributed by atoms with van der Waals surface area (Å²) in [6.07, 6.45) is 1.38. The number of anilines is 1. The summed E-state index contributed by atoms with van der Waals surface area (Å²) in [5.41, 5.74) is 1.74. The molecular weight excluding hydrogens is 274 g/mol. The SMILES string of the molecule is CCC[C@@](C(=O)O)(c1ccccc1)c1ccc(N(C)C)cc1. The minimum Gasteiger partial charge on any atom is -0.480 e. The third-order valence-electron chi connectivity index (χ3n) is 4.13. The normalized spacial score (nSPS) is 13.4. The maximum atomic E-state index is 12.2. The zero-order chi connectivity index (χ0) is 16.2. The van der Waals surface area contributed by atoms with Crippen molar-refractivity contribution in [2.75, 3.05) is 19.0 Å². The summed E-state index contributed by atoms with van der Waals surface area (Å²) >= 11 is 0. The van der Waals surface area contributed by atoms with Crippen LogP contribution in [0.2, 0.25) is 0 Å². The van der Waals surface area contributed by atoms with Crippen molar-refractivity contribution in [1.29, 1.82) is 0 Å². The zero-order valence-corrected chi connectivity index (χ0v) is 13.4. The van der Waals surface area contributed by atoms with Gasteiger partial charge in [-0.15, -0.1) is 0 Å². The van der Waals surface area contributed by atoms with Gasteiger partial charge in [0.25, 0.3) is 0 Å². The van der Waals surface area contributed by atoms with Crippen LogP contribution in [0.4, 0.5) is 5.69 Å². The third kappa shape index (κ3) is 2.84. The van der Waals surface area contributed by atoms with Crippen molar-refractivity contribution >= 4 is 11.7 Å². The fraction of sp³-hybridized carbons (Fsp3) is 0.316. The Kier molecular flexibility index (Phi) is 4.86. The summed E-state index contributed by atoms with van der Waals surface area (Å²) in [6, 6.07) is 17.4. The van der Waals surface area contributed by atoms with E-state index in [2.05, 4.69) is 0 Å². The minimum absolute atomic E-state index is 0.577. The first-order valence-electron chi connectivity index (χ1n) is 7.59. The highest BCUT2D eigenvalue weighted by Gasteiger charge is 2.41. The molecule has 0 fully saturated rings. The van der Waals surface area contributed by atoms with Crippen LogP contribution in [-0.4, -0.2) is 25.2 Å². The van der Waals surface area contributed by atoms with E-state index in [1.807, 2.05) is 80.5 Å². The quantitative estimate of drug-likeness (QED) is 0.878. The molecule has 0 aromatic heterocycles. The van der Waals surface area contributed by atoms with Crippen LogP contribution < -0.4 is 4.90 Å². The molecular formula is C19H23NO2. The molecule has 0 spiro atoms. The van der Waals surface area contributed by atoms with Gasteiger partial charge in [-0.1, -0.05) is 55.8 Å². The Hall–Kier alpha value is -2.29. The van der Waals surface area contributed by atoms with Crippen molar-refractivity contribution in [2.24, 2.45) is 0 Å². The number of rotatable bonds is 6. The first-order chi connectivity index (χ1) is 10.5. The molecule has 0 aliphatic rings. The lowest BCUT2D eigenvalue weighted by molar-refractivity contribution is -0.142. The molecule has 0 radical (unpaired) electrons. The second kappa shape index (κ2) is 6.65. The first kappa shape index (κ1) is 16.1. The topological polar surface area (TPSA) is 40.5 Å². The monoisotopic (exact) mass is 297 g/mol. The van der Waals surface area contributed by atoms with Gasteiger partial charge in [0, 0.05) is 19.8 Å². The number of nitrogens with zero attached hydrogens (tertiary/aromatic N) is 1. The van der Waals surface area contributed by atoms with Crippen LogP contribution in [0.15, 0.2) is 54.6 Å². The Balaban J connectivity index is 2.60. The predicted octanol–water partition coefficient (Wildman–Crippen LogP) is 3.92. The van der Waals surface area contributed by atoms with Gasteiger partial charge in [0.05, 0.1) is 0 Å². The molecule has 22 heavy (non-hydrogen) atoms. The lowest BCUT2D eigenvalue weighted by atomic mass is 9.71. The van der Waals surface area contributed by atoms with E-state index in [9.17, 15) is 9.90 Å².